The van der Waals surface area contributed by atoms with Crippen molar-refractivity contribution < 1.29 is 14.3 Å². The van der Waals surface area contributed by atoms with E-state index in [1.54, 1.807) is 9.80 Å². The molecule has 0 unspecified atom stereocenters. The third-order valence-corrected chi connectivity index (χ3v) is 9.07. The lowest BCUT2D eigenvalue weighted by Crippen LogP contribution is -2.56. The van der Waals surface area contributed by atoms with Crippen molar-refractivity contribution in [3.63, 3.8) is 0 Å². The van der Waals surface area contributed by atoms with Gasteiger partial charge in [0.15, 0.2) is 0 Å². The van der Waals surface area contributed by atoms with E-state index in [1.807, 2.05) is 92.4 Å². The maximum atomic E-state index is 13.7. The van der Waals surface area contributed by atoms with Crippen LogP contribution in [0, 0.1) is 0 Å². The summed E-state index contributed by atoms with van der Waals surface area (Å²) in [6.07, 6.45) is 3.74. The van der Waals surface area contributed by atoms with Gasteiger partial charge in [0.25, 0.3) is 5.91 Å². The standard InChI is InChI=1S/C33H41N7O3/c1-4-23(20-37-14-16-38(17-15-37)27-21-43-22-27)32(41)36(3)26-13-9-10-24(18-26)29-28-19-35-40(25-11-7-6-8-12-25)31(28)39(5-2)33(42)30(29)34/h4,6-13,18-19,27,29-30H,5,14-17,20-22,34H2,1-3H3/b23-4+/t29-,30+/m1/s1. The summed E-state index contributed by atoms with van der Waals surface area (Å²) in [6, 6.07) is 17.4. The molecule has 2 N–H and O–H groups in total. The van der Waals surface area contributed by atoms with Gasteiger partial charge in [-0.1, -0.05) is 36.4 Å². The van der Waals surface area contributed by atoms with Crippen molar-refractivity contribution in [3.8, 4) is 5.69 Å². The Morgan fingerprint density at radius 2 is 1.84 bits per heavy atom. The fourth-order valence-electron chi connectivity index (χ4n) is 6.42. The molecule has 2 atom stereocenters. The molecule has 2 saturated heterocycles. The van der Waals surface area contributed by atoms with Crippen molar-refractivity contribution in [2.45, 2.75) is 31.8 Å². The average Bonchev–Trinajstić information content (AvgIpc) is 3.44. The number of benzene rings is 2. The fourth-order valence-corrected chi connectivity index (χ4v) is 6.42. The molecule has 2 fully saturated rings. The number of allylic oxidation sites excluding steroid dienone is 1. The molecule has 10 heteroatoms. The number of amides is 2. The average molecular weight is 584 g/mol. The van der Waals surface area contributed by atoms with Gasteiger partial charge >= 0.3 is 0 Å². The summed E-state index contributed by atoms with van der Waals surface area (Å²) in [4.78, 5) is 35.6. The van der Waals surface area contributed by atoms with Crippen molar-refractivity contribution in [1.82, 2.24) is 19.6 Å². The van der Waals surface area contributed by atoms with Gasteiger partial charge in [0.2, 0.25) is 5.91 Å². The largest absolute Gasteiger partial charge is 0.378 e. The van der Waals surface area contributed by atoms with Crippen LogP contribution < -0.4 is 15.5 Å². The lowest BCUT2D eigenvalue weighted by molar-refractivity contribution is -0.120. The Bertz CT molecular complexity index is 1490. The minimum Gasteiger partial charge on any atom is -0.378 e. The number of carbonyl (C=O) groups excluding carboxylic acids is 2. The number of piperazine rings is 1. The van der Waals surface area contributed by atoms with Crippen molar-refractivity contribution in [2.75, 3.05) is 69.3 Å². The smallest absolute Gasteiger partial charge is 0.254 e. The van der Waals surface area contributed by atoms with Crippen LogP contribution in [-0.2, 0) is 14.3 Å². The zero-order valence-corrected chi connectivity index (χ0v) is 25.2. The highest BCUT2D eigenvalue weighted by Crippen LogP contribution is 2.41. The highest BCUT2D eigenvalue weighted by molar-refractivity contribution is 6.05. The number of rotatable bonds is 8. The first-order chi connectivity index (χ1) is 20.9. The highest BCUT2D eigenvalue weighted by Gasteiger charge is 2.41. The maximum absolute atomic E-state index is 13.7. The number of likely N-dealkylation sites (N-methyl/N-ethyl adjacent to an activating group) is 2. The third-order valence-electron chi connectivity index (χ3n) is 9.07. The number of nitrogens with two attached hydrogens (primary N) is 1. The molecule has 0 bridgehead atoms. The molecule has 10 nitrogen and oxygen atoms in total. The number of nitrogens with zero attached hydrogens (tertiary/aromatic N) is 6. The van der Waals surface area contributed by atoms with E-state index < -0.39 is 12.0 Å². The van der Waals surface area contributed by atoms with E-state index in [0.29, 0.717) is 19.1 Å². The summed E-state index contributed by atoms with van der Waals surface area (Å²) in [6.45, 7) is 10.5. The molecule has 0 saturated carbocycles. The van der Waals surface area contributed by atoms with Crippen molar-refractivity contribution in [1.29, 1.82) is 0 Å². The molecule has 1 aromatic heterocycles. The number of para-hydroxylation sites is 1. The second-order valence-electron chi connectivity index (χ2n) is 11.5. The van der Waals surface area contributed by atoms with Crippen molar-refractivity contribution >= 4 is 23.3 Å². The molecule has 0 spiro atoms. The quantitative estimate of drug-likeness (QED) is 0.407. The predicted octanol–water partition coefficient (Wildman–Crippen LogP) is 2.62. The molecule has 0 radical (unpaired) electrons. The summed E-state index contributed by atoms with van der Waals surface area (Å²) in [5.74, 6) is 0.160. The normalized spacial score (nSPS) is 21.9. The Kier molecular flexibility index (Phi) is 8.45. The molecule has 3 aliphatic heterocycles. The first-order valence-electron chi connectivity index (χ1n) is 15.2. The maximum Gasteiger partial charge on any atom is 0.254 e. The van der Waals surface area contributed by atoms with Gasteiger partial charge in [-0.25, -0.2) is 4.68 Å². The lowest BCUT2D eigenvalue weighted by Gasteiger charge is -2.42. The molecule has 3 aromatic rings. The monoisotopic (exact) mass is 583 g/mol. The van der Waals surface area contributed by atoms with E-state index in [1.165, 1.54) is 0 Å². The molecule has 4 heterocycles. The first-order valence-corrected chi connectivity index (χ1v) is 15.2. The first kappa shape index (κ1) is 29.3. The number of fused-ring (bicyclic) bond motifs is 1. The van der Waals surface area contributed by atoms with Crippen LogP contribution >= 0.6 is 0 Å². The lowest BCUT2D eigenvalue weighted by atomic mass is 9.83. The highest BCUT2D eigenvalue weighted by atomic mass is 16.5. The van der Waals surface area contributed by atoms with Gasteiger partial charge in [0, 0.05) is 69.1 Å². The van der Waals surface area contributed by atoms with Crippen LogP contribution in [0.25, 0.3) is 5.69 Å². The van der Waals surface area contributed by atoms with Gasteiger partial charge in [0.05, 0.1) is 37.2 Å². The van der Waals surface area contributed by atoms with Crippen molar-refractivity contribution in [3.05, 3.63) is 83.6 Å². The van der Waals surface area contributed by atoms with E-state index in [-0.39, 0.29) is 11.8 Å². The molecular formula is C33H41N7O3. The molecule has 226 valence electrons. The number of aromatic nitrogens is 2. The van der Waals surface area contributed by atoms with Crippen LogP contribution in [0.2, 0.25) is 0 Å². The number of hydrogen-bond acceptors (Lipinski definition) is 7. The Labute approximate surface area is 253 Å². The summed E-state index contributed by atoms with van der Waals surface area (Å²) in [7, 11) is 1.81. The summed E-state index contributed by atoms with van der Waals surface area (Å²) < 4.78 is 7.17. The molecule has 3 aliphatic rings. The van der Waals surface area contributed by atoms with E-state index in [9.17, 15) is 9.59 Å². The SMILES string of the molecule is C/C=C(\CN1CCN(C2COC2)CC1)C(=O)N(C)c1cccc([C@@H]2c3cnn(-c4ccccc4)c3N(CC)C(=O)[C@H]2N)c1. The summed E-state index contributed by atoms with van der Waals surface area (Å²) in [5, 5.41) is 4.69. The van der Waals surface area contributed by atoms with Gasteiger partial charge in [0.1, 0.15) is 5.82 Å². The number of ether oxygens (including phenoxy) is 1. The Balaban J connectivity index is 1.23. The van der Waals surface area contributed by atoms with Gasteiger partial charge in [-0.15, -0.1) is 0 Å². The third kappa shape index (κ3) is 5.51. The summed E-state index contributed by atoms with van der Waals surface area (Å²) >= 11 is 0. The minimum absolute atomic E-state index is 0.0340. The zero-order chi connectivity index (χ0) is 30.1. The van der Waals surface area contributed by atoms with E-state index in [4.69, 9.17) is 15.6 Å². The minimum atomic E-state index is -0.770. The summed E-state index contributed by atoms with van der Waals surface area (Å²) in [5.41, 5.74) is 10.8. The van der Waals surface area contributed by atoms with Crippen LogP contribution in [-0.4, -0.2) is 103 Å². The van der Waals surface area contributed by atoms with Gasteiger partial charge in [-0.05, 0) is 43.7 Å². The van der Waals surface area contributed by atoms with Gasteiger partial charge in [-0.2, -0.15) is 5.10 Å². The van der Waals surface area contributed by atoms with Crippen LogP contribution in [0.4, 0.5) is 11.5 Å². The van der Waals surface area contributed by atoms with Crippen LogP contribution in [0.1, 0.15) is 30.9 Å². The second kappa shape index (κ2) is 12.4. The molecule has 6 rings (SSSR count). The van der Waals surface area contributed by atoms with Gasteiger partial charge in [-0.3, -0.25) is 24.3 Å². The zero-order valence-electron chi connectivity index (χ0n) is 25.2. The predicted molar refractivity (Wildman–Crippen MR) is 168 cm³/mol. The fraction of sp³-hybridized carbons (Fsp3) is 0.424. The number of hydrogen-bond donors (Lipinski definition) is 1. The number of carbonyl (C=O) groups is 2. The Morgan fingerprint density at radius 1 is 1.09 bits per heavy atom. The van der Waals surface area contributed by atoms with Crippen molar-refractivity contribution in [2.24, 2.45) is 5.73 Å². The van der Waals surface area contributed by atoms with Crippen LogP contribution in [0.3, 0.4) is 0 Å². The van der Waals surface area contributed by atoms with E-state index >= 15 is 0 Å². The Hall–Kier alpha value is -3.83. The molecule has 2 amide bonds. The second-order valence-corrected chi connectivity index (χ2v) is 11.5. The Morgan fingerprint density at radius 3 is 2.49 bits per heavy atom. The topological polar surface area (TPSA) is 100 Å². The molecular weight excluding hydrogens is 542 g/mol. The van der Waals surface area contributed by atoms with Crippen LogP contribution in [0.5, 0.6) is 0 Å². The van der Waals surface area contributed by atoms with E-state index in [0.717, 1.165) is 73.3 Å². The molecule has 0 aliphatic carbocycles. The molecule has 2 aromatic carbocycles. The van der Waals surface area contributed by atoms with E-state index in [2.05, 4.69) is 9.80 Å². The van der Waals surface area contributed by atoms with Crippen LogP contribution in [0.15, 0.2) is 72.4 Å². The number of anilines is 2. The van der Waals surface area contributed by atoms with Gasteiger partial charge < -0.3 is 15.4 Å². The molecule has 43 heavy (non-hydrogen) atoms.